The summed E-state index contributed by atoms with van der Waals surface area (Å²) in [5.41, 5.74) is 1.90. The van der Waals surface area contributed by atoms with Crippen LogP contribution < -0.4 is 10.6 Å². The van der Waals surface area contributed by atoms with E-state index in [2.05, 4.69) is 53.5 Å². The summed E-state index contributed by atoms with van der Waals surface area (Å²) >= 11 is 1.66. The zero-order valence-corrected chi connectivity index (χ0v) is 16.3. The molecule has 0 unspecified atom stereocenters. The molecular formula is C20H23N5OS. The summed E-state index contributed by atoms with van der Waals surface area (Å²) in [7, 11) is 0. The third-order valence-electron chi connectivity index (χ3n) is 3.96. The smallest absolute Gasteiger partial charge is 0.315 e. The molecule has 2 aromatic heterocycles. The van der Waals surface area contributed by atoms with Crippen molar-refractivity contribution in [1.82, 2.24) is 25.2 Å². The molecule has 0 aliphatic carbocycles. The Morgan fingerprint density at radius 1 is 1.22 bits per heavy atom. The van der Waals surface area contributed by atoms with Gasteiger partial charge in [0, 0.05) is 35.0 Å². The minimum absolute atomic E-state index is 0.206. The fourth-order valence-corrected chi connectivity index (χ4v) is 3.59. The molecule has 0 aliphatic rings. The number of carbonyl (C=O) groups excluding carboxylic acids is 1. The van der Waals surface area contributed by atoms with E-state index in [1.807, 2.05) is 34.7 Å². The first kappa shape index (κ1) is 19.0. The predicted octanol–water partition coefficient (Wildman–Crippen LogP) is 3.99. The molecular weight excluding hydrogens is 358 g/mol. The van der Waals surface area contributed by atoms with Gasteiger partial charge >= 0.3 is 6.03 Å². The Labute approximate surface area is 163 Å². The number of carbonyl (C=O) groups is 1. The van der Waals surface area contributed by atoms with E-state index in [4.69, 9.17) is 0 Å². The van der Waals surface area contributed by atoms with Crippen LogP contribution in [0.1, 0.15) is 31.2 Å². The Morgan fingerprint density at radius 2 is 2.04 bits per heavy atom. The number of hydrogen-bond acceptors (Lipinski definition) is 4. The standard InChI is InChI=1S/C20H23N5OS/c1-4-11-21-20(26)22-12-15-7-5-6-8-17(15)27-16-9-10-18-23-24-19(14(2)3)25(18)13-16/h4-10,13-14H,1,11-12H2,2-3H3,(H2,21,22,26). The van der Waals surface area contributed by atoms with Crippen molar-refractivity contribution in [3.63, 3.8) is 0 Å². The van der Waals surface area contributed by atoms with Crippen molar-refractivity contribution in [3.8, 4) is 0 Å². The first-order valence-electron chi connectivity index (χ1n) is 8.81. The van der Waals surface area contributed by atoms with Crippen molar-refractivity contribution in [3.05, 3.63) is 66.6 Å². The number of nitrogens with one attached hydrogen (secondary N) is 2. The topological polar surface area (TPSA) is 71.3 Å². The highest BCUT2D eigenvalue weighted by atomic mass is 32.2. The van der Waals surface area contributed by atoms with Crippen LogP contribution in [0.25, 0.3) is 5.65 Å². The Kier molecular flexibility index (Phi) is 6.13. The second-order valence-electron chi connectivity index (χ2n) is 6.37. The van der Waals surface area contributed by atoms with Crippen molar-refractivity contribution in [2.24, 2.45) is 0 Å². The second kappa shape index (κ2) is 8.73. The quantitative estimate of drug-likeness (QED) is 0.607. The number of benzene rings is 1. The fourth-order valence-electron chi connectivity index (χ4n) is 2.62. The number of rotatable bonds is 7. The van der Waals surface area contributed by atoms with Gasteiger partial charge in [-0.05, 0) is 23.8 Å². The molecule has 1 aromatic carbocycles. The fraction of sp³-hybridized carbons (Fsp3) is 0.250. The summed E-state index contributed by atoms with van der Waals surface area (Å²) in [5.74, 6) is 1.24. The summed E-state index contributed by atoms with van der Waals surface area (Å²) in [6.45, 7) is 8.70. The highest BCUT2D eigenvalue weighted by molar-refractivity contribution is 7.99. The van der Waals surface area contributed by atoms with Crippen LogP contribution in [0.5, 0.6) is 0 Å². The number of amides is 2. The molecule has 0 aliphatic heterocycles. The number of aromatic nitrogens is 3. The molecule has 2 heterocycles. The summed E-state index contributed by atoms with van der Waals surface area (Å²) in [6.07, 6.45) is 3.71. The Hall–Kier alpha value is -2.80. The Bertz CT molecular complexity index is 950. The molecule has 27 heavy (non-hydrogen) atoms. The van der Waals surface area contributed by atoms with E-state index in [0.29, 0.717) is 19.0 Å². The van der Waals surface area contributed by atoms with E-state index in [1.54, 1.807) is 17.8 Å². The zero-order chi connectivity index (χ0) is 19.2. The van der Waals surface area contributed by atoms with Crippen LogP contribution in [-0.4, -0.2) is 27.2 Å². The van der Waals surface area contributed by atoms with Crippen molar-refractivity contribution in [2.45, 2.75) is 36.1 Å². The summed E-state index contributed by atoms with van der Waals surface area (Å²) in [4.78, 5) is 14.0. The van der Waals surface area contributed by atoms with Crippen LogP contribution >= 0.6 is 11.8 Å². The average Bonchev–Trinajstić information content (AvgIpc) is 3.09. The Balaban J connectivity index is 1.77. The lowest BCUT2D eigenvalue weighted by molar-refractivity contribution is 0.241. The molecule has 7 heteroatoms. The molecule has 0 bridgehead atoms. The monoisotopic (exact) mass is 381 g/mol. The van der Waals surface area contributed by atoms with Crippen molar-refractivity contribution in [2.75, 3.05) is 6.54 Å². The van der Waals surface area contributed by atoms with Gasteiger partial charge in [-0.2, -0.15) is 0 Å². The van der Waals surface area contributed by atoms with Gasteiger partial charge in [-0.15, -0.1) is 16.8 Å². The van der Waals surface area contributed by atoms with Crippen LogP contribution in [0.4, 0.5) is 4.79 Å². The van der Waals surface area contributed by atoms with Gasteiger partial charge in [0.1, 0.15) is 5.82 Å². The molecule has 3 rings (SSSR count). The maximum atomic E-state index is 11.8. The zero-order valence-electron chi connectivity index (χ0n) is 15.5. The molecule has 0 saturated heterocycles. The van der Waals surface area contributed by atoms with Gasteiger partial charge in [-0.1, -0.05) is 49.9 Å². The van der Waals surface area contributed by atoms with Gasteiger partial charge in [0.05, 0.1) is 0 Å². The first-order valence-corrected chi connectivity index (χ1v) is 9.63. The van der Waals surface area contributed by atoms with Crippen LogP contribution in [0.15, 0.2) is 65.0 Å². The summed E-state index contributed by atoms with van der Waals surface area (Å²) in [5, 5.41) is 14.1. The molecule has 6 nitrogen and oxygen atoms in total. The number of hydrogen-bond donors (Lipinski definition) is 2. The van der Waals surface area contributed by atoms with E-state index in [-0.39, 0.29) is 6.03 Å². The van der Waals surface area contributed by atoms with Crippen LogP contribution in [-0.2, 0) is 6.54 Å². The van der Waals surface area contributed by atoms with Crippen molar-refractivity contribution < 1.29 is 4.79 Å². The molecule has 3 aromatic rings. The van der Waals surface area contributed by atoms with E-state index in [1.165, 1.54) is 0 Å². The first-order chi connectivity index (χ1) is 13.1. The predicted molar refractivity (Wildman–Crippen MR) is 108 cm³/mol. The van der Waals surface area contributed by atoms with Gasteiger partial charge < -0.3 is 10.6 Å². The third kappa shape index (κ3) is 4.68. The van der Waals surface area contributed by atoms with E-state index in [9.17, 15) is 4.79 Å². The highest BCUT2D eigenvalue weighted by Gasteiger charge is 2.11. The molecule has 2 N–H and O–H groups in total. The van der Waals surface area contributed by atoms with Gasteiger partial charge in [-0.3, -0.25) is 4.40 Å². The summed E-state index contributed by atoms with van der Waals surface area (Å²) < 4.78 is 2.04. The van der Waals surface area contributed by atoms with Crippen molar-refractivity contribution in [1.29, 1.82) is 0 Å². The molecule has 140 valence electrons. The third-order valence-corrected chi connectivity index (χ3v) is 5.06. The summed E-state index contributed by atoms with van der Waals surface area (Å²) in [6, 6.07) is 11.9. The largest absolute Gasteiger partial charge is 0.335 e. The SMILES string of the molecule is C=CCNC(=O)NCc1ccccc1Sc1ccc2nnc(C(C)C)n2c1. The normalized spacial score (nSPS) is 10.9. The Morgan fingerprint density at radius 3 is 2.81 bits per heavy atom. The average molecular weight is 382 g/mol. The molecule has 0 radical (unpaired) electrons. The van der Waals surface area contributed by atoms with Crippen LogP contribution in [0.3, 0.4) is 0 Å². The van der Waals surface area contributed by atoms with Gasteiger partial charge in [0.25, 0.3) is 0 Å². The maximum absolute atomic E-state index is 11.8. The maximum Gasteiger partial charge on any atom is 0.315 e. The second-order valence-corrected chi connectivity index (χ2v) is 7.48. The lowest BCUT2D eigenvalue weighted by Gasteiger charge is -2.11. The molecule has 0 fully saturated rings. The highest BCUT2D eigenvalue weighted by Crippen LogP contribution is 2.31. The minimum atomic E-state index is -0.206. The number of fused-ring (bicyclic) bond motifs is 1. The lowest BCUT2D eigenvalue weighted by Crippen LogP contribution is -2.35. The van der Waals surface area contributed by atoms with E-state index in [0.717, 1.165) is 26.8 Å². The van der Waals surface area contributed by atoms with Crippen LogP contribution in [0, 0.1) is 0 Å². The number of nitrogens with zero attached hydrogens (tertiary/aromatic N) is 3. The molecule has 0 atom stereocenters. The van der Waals surface area contributed by atoms with Gasteiger partial charge in [-0.25, -0.2) is 4.79 Å². The van der Waals surface area contributed by atoms with E-state index < -0.39 is 0 Å². The van der Waals surface area contributed by atoms with E-state index >= 15 is 0 Å². The number of pyridine rings is 1. The van der Waals surface area contributed by atoms with Gasteiger partial charge in [0.2, 0.25) is 0 Å². The number of urea groups is 1. The van der Waals surface area contributed by atoms with Crippen LogP contribution in [0.2, 0.25) is 0 Å². The molecule has 2 amide bonds. The lowest BCUT2D eigenvalue weighted by atomic mass is 10.2. The van der Waals surface area contributed by atoms with Crippen molar-refractivity contribution >= 4 is 23.4 Å². The minimum Gasteiger partial charge on any atom is -0.335 e. The molecule has 0 spiro atoms. The molecule has 0 saturated carbocycles. The van der Waals surface area contributed by atoms with Gasteiger partial charge in [0.15, 0.2) is 5.65 Å².